The minimum Gasteiger partial charge on any atom is -0.399 e. The standard InChI is InChI=1S/C27H22N6O2/c28-19-7-1-17(2-8-19)26(34)30-21-11-5-16(6-12-21)25-32-23-14-13-22(15-24(23)33-25)31-27(35)18-3-9-20(29)10-4-18/h1-15H,28-29H2,(H,30,34)(H,31,35)(H,32,33). The molecule has 2 amide bonds. The average Bonchev–Trinajstić information content (AvgIpc) is 3.29. The Balaban J connectivity index is 1.30. The molecule has 0 unspecified atom stereocenters. The van der Waals surface area contributed by atoms with E-state index in [4.69, 9.17) is 11.5 Å². The number of hydrogen-bond donors (Lipinski definition) is 5. The summed E-state index contributed by atoms with van der Waals surface area (Å²) in [7, 11) is 0. The molecule has 0 fully saturated rings. The Hall–Kier alpha value is -5.11. The Morgan fingerprint density at radius 1 is 0.657 bits per heavy atom. The van der Waals surface area contributed by atoms with Gasteiger partial charge < -0.3 is 27.1 Å². The lowest BCUT2D eigenvalue weighted by Crippen LogP contribution is -2.11. The maximum absolute atomic E-state index is 12.5. The first-order chi connectivity index (χ1) is 16.9. The molecule has 7 N–H and O–H groups in total. The van der Waals surface area contributed by atoms with Gasteiger partial charge in [0, 0.05) is 39.4 Å². The second-order valence-electron chi connectivity index (χ2n) is 8.05. The van der Waals surface area contributed by atoms with Crippen LogP contribution in [0.5, 0.6) is 0 Å². The lowest BCUT2D eigenvalue weighted by Gasteiger charge is -2.06. The topological polar surface area (TPSA) is 139 Å². The van der Waals surface area contributed by atoms with Gasteiger partial charge in [0.05, 0.1) is 11.0 Å². The molecule has 0 saturated heterocycles. The van der Waals surface area contributed by atoms with Crippen molar-refractivity contribution in [3.8, 4) is 11.4 Å². The van der Waals surface area contributed by atoms with Gasteiger partial charge in [-0.1, -0.05) is 0 Å². The normalized spacial score (nSPS) is 10.7. The predicted octanol–water partition coefficient (Wildman–Crippen LogP) is 4.90. The number of anilines is 4. The first kappa shape index (κ1) is 21.7. The molecule has 4 aromatic carbocycles. The molecule has 1 aromatic heterocycles. The van der Waals surface area contributed by atoms with Crippen LogP contribution in [0, 0.1) is 0 Å². The van der Waals surface area contributed by atoms with Crippen molar-refractivity contribution in [2.24, 2.45) is 0 Å². The highest BCUT2D eigenvalue weighted by molar-refractivity contribution is 6.05. The maximum Gasteiger partial charge on any atom is 0.255 e. The van der Waals surface area contributed by atoms with Crippen LogP contribution >= 0.6 is 0 Å². The van der Waals surface area contributed by atoms with Crippen LogP contribution in [0.25, 0.3) is 22.4 Å². The molecule has 0 saturated carbocycles. The van der Waals surface area contributed by atoms with E-state index < -0.39 is 0 Å². The molecular weight excluding hydrogens is 440 g/mol. The molecule has 8 nitrogen and oxygen atoms in total. The average molecular weight is 463 g/mol. The number of nitrogens with two attached hydrogens (primary N) is 2. The third kappa shape index (κ3) is 4.81. The van der Waals surface area contributed by atoms with E-state index in [2.05, 4.69) is 20.6 Å². The summed E-state index contributed by atoms with van der Waals surface area (Å²) < 4.78 is 0. The fourth-order valence-electron chi connectivity index (χ4n) is 3.61. The van der Waals surface area contributed by atoms with Gasteiger partial charge in [0.1, 0.15) is 5.82 Å². The molecule has 0 aliphatic carbocycles. The molecule has 0 spiro atoms. The number of nitrogen functional groups attached to an aromatic ring is 2. The van der Waals surface area contributed by atoms with Crippen molar-refractivity contribution in [3.63, 3.8) is 0 Å². The molecule has 172 valence electrons. The number of hydrogen-bond acceptors (Lipinski definition) is 5. The molecule has 0 bridgehead atoms. The summed E-state index contributed by atoms with van der Waals surface area (Å²) in [6, 6.07) is 26.3. The number of benzene rings is 4. The van der Waals surface area contributed by atoms with Gasteiger partial charge in [-0.3, -0.25) is 9.59 Å². The summed E-state index contributed by atoms with van der Waals surface area (Å²) in [5, 5.41) is 5.75. The van der Waals surface area contributed by atoms with Crippen molar-refractivity contribution in [1.29, 1.82) is 0 Å². The summed E-state index contributed by atoms with van der Waals surface area (Å²) in [5.74, 6) is 0.241. The van der Waals surface area contributed by atoms with E-state index in [9.17, 15) is 9.59 Å². The molecular formula is C27H22N6O2. The molecule has 0 atom stereocenters. The Kier molecular flexibility index (Phi) is 5.60. The number of H-pyrrole nitrogens is 1. The highest BCUT2D eigenvalue weighted by Crippen LogP contribution is 2.25. The number of aromatic nitrogens is 2. The number of nitrogens with one attached hydrogen (secondary N) is 3. The summed E-state index contributed by atoms with van der Waals surface area (Å²) in [4.78, 5) is 32.8. The largest absolute Gasteiger partial charge is 0.399 e. The first-order valence-electron chi connectivity index (χ1n) is 10.9. The fourth-order valence-corrected chi connectivity index (χ4v) is 3.61. The lowest BCUT2D eigenvalue weighted by atomic mass is 10.1. The molecule has 0 radical (unpaired) electrons. The van der Waals surface area contributed by atoms with Gasteiger partial charge in [0.25, 0.3) is 11.8 Å². The summed E-state index contributed by atoms with van der Waals surface area (Å²) in [5.41, 5.74) is 17.3. The Morgan fingerprint density at radius 2 is 1.17 bits per heavy atom. The van der Waals surface area contributed by atoms with Crippen molar-refractivity contribution in [3.05, 3.63) is 102 Å². The van der Waals surface area contributed by atoms with Gasteiger partial charge in [-0.2, -0.15) is 0 Å². The second kappa shape index (κ2) is 9.03. The Morgan fingerprint density at radius 3 is 1.74 bits per heavy atom. The van der Waals surface area contributed by atoms with E-state index in [1.165, 1.54) is 0 Å². The molecule has 1 heterocycles. The highest BCUT2D eigenvalue weighted by atomic mass is 16.2. The number of carbonyl (C=O) groups excluding carboxylic acids is 2. The van der Waals surface area contributed by atoms with Gasteiger partial charge in [-0.25, -0.2) is 4.98 Å². The number of fused-ring (bicyclic) bond motifs is 1. The molecule has 0 aliphatic heterocycles. The zero-order valence-corrected chi connectivity index (χ0v) is 18.6. The van der Waals surface area contributed by atoms with E-state index in [1.807, 2.05) is 42.5 Å². The van der Waals surface area contributed by atoms with Gasteiger partial charge in [0.2, 0.25) is 0 Å². The lowest BCUT2D eigenvalue weighted by molar-refractivity contribution is 0.101. The summed E-state index contributed by atoms with van der Waals surface area (Å²) in [6.45, 7) is 0. The Labute approximate surface area is 201 Å². The zero-order chi connectivity index (χ0) is 24.4. The number of aromatic amines is 1. The SMILES string of the molecule is Nc1ccc(C(=O)Nc2ccc(-c3nc4cc(NC(=O)c5ccc(N)cc5)ccc4[nH]3)cc2)cc1. The van der Waals surface area contributed by atoms with Crippen LogP contribution in [0.4, 0.5) is 22.7 Å². The minimum atomic E-state index is -0.225. The van der Waals surface area contributed by atoms with Crippen LogP contribution in [0.2, 0.25) is 0 Å². The third-order valence-corrected chi connectivity index (χ3v) is 5.50. The van der Waals surface area contributed by atoms with Gasteiger partial charge in [-0.05, 0) is 91.0 Å². The van der Waals surface area contributed by atoms with Crippen LogP contribution in [0.3, 0.4) is 0 Å². The number of rotatable bonds is 5. The maximum atomic E-state index is 12.5. The molecule has 5 aromatic rings. The number of carbonyl (C=O) groups is 2. The van der Waals surface area contributed by atoms with Crippen molar-refractivity contribution >= 4 is 45.6 Å². The highest BCUT2D eigenvalue weighted by Gasteiger charge is 2.10. The third-order valence-electron chi connectivity index (χ3n) is 5.50. The summed E-state index contributed by atoms with van der Waals surface area (Å²) in [6.07, 6.45) is 0. The molecule has 0 aliphatic rings. The number of amides is 2. The predicted molar refractivity (Wildman–Crippen MR) is 139 cm³/mol. The van der Waals surface area contributed by atoms with Crippen LogP contribution in [-0.4, -0.2) is 21.8 Å². The smallest absolute Gasteiger partial charge is 0.255 e. The monoisotopic (exact) mass is 462 g/mol. The van der Waals surface area contributed by atoms with Crippen molar-refractivity contribution in [2.75, 3.05) is 22.1 Å². The van der Waals surface area contributed by atoms with Crippen LogP contribution in [0.1, 0.15) is 20.7 Å². The summed E-state index contributed by atoms with van der Waals surface area (Å²) >= 11 is 0. The first-order valence-corrected chi connectivity index (χ1v) is 10.9. The van der Waals surface area contributed by atoms with Crippen LogP contribution in [0.15, 0.2) is 91.0 Å². The minimum absolute atomic E-state index is 0.213. The van der Waals surface area contributed by atoms with Crippen LogP contribution < -0.4 is 22.1 Å². The van der Waals surface area contributed by atoms with E-state index in [0.717, 1.165) is 16.6 Å². The van der Waals surface area contributed by atoms with E-state index in [-0.39, 0.29) is 11.8 Å². The number of imidazole rings is 1. The molecule has 5 rings (SSSR count). The van der Waals surface area contributed by atoms with E-state index in [0.29, 0.717) is 39.7 Å². The fraction of sp³-hybridized carbons (Fsp3) is 0. The van der Waals surface area contributed by atoms with Crippen molar-refractivity contribution < 1.29 is 9.59 Å². The van der Waals surface area contributed by atoms with Gasteiger partial charge in [-0.15, -0.1) is 0 Å². The van der Waals surface area contributed by atoms with Gasteiger partial charge in [0.15, 0.2) is 0 Å². The molecule has 8 heteroatoms. The number of nitrogens with zero attached hydrogens (tertiary/aromatic N) is 1. The molecule has 35 heavy (non-hydrogen) atoms. The van der Waals surface area contributed by atoms with Crippen LogP contribution in [-0.2, 0) is 0 Å². The zero-order valence-electron chi connectivity index (χ0n) is 18.6. The van der Waals surface area contributed by atoms with Gasteiger partial charge >= 0.3 is 0 Å². The quantitative estimate of drug-likeness (QED) is 0.236. The second-order valence-corrected chi connectivity index (χ2v) is 8.05. The van der Waals surface area contributed by atoms with E-state index in [1.54, 1.807) is 48.5 Å². The Bertz CT molecular complexity index is 1520. The van der Waals surface area contributed by atoms with Crippen molar-refractivity contribution in [1.82, 2.24) is 9.97 Å². The van der Waals surface area contributed by atoms with Crippen molar-refractivity contribution in [2.45, 2.75) is 0 Å². The van der Waals surface area contributed by atoms with E-state index >= 15 is 0 Å².